The quantitative estimate of drug-likeness (QED) is 0.414. The van der Waals surface area contributed by atoms with E-state index in [1.54, 1.807) is 6.92 Å². The van der Waals surface area contributed by atoms with E-state index in [4.69, 9.17) is 4.74 Å². The number of aliphatic hydroxyl groups excluding tert-OH is 1. The molecule has 0 saturated heterocycles. The van der Waals surface area contributed by atoms with E-state index < -0.39 is 30.5 Å². The Bertz CT molecular complexity index is 832. The van der Waals surface area contributed by atoms with Crippen molar-refractivity contribution < 1.29 is 33.0 Å². The number of alkyl halides is 2. The second kappa shape index (κ2) is 10.1. The molecule has 5 nitrogen and oxygen atoms in total. The minimum absolute atomic E-state index is 0.0316. The number of hydrogen-bond donors (Lipinski definition) is 1. The Morgan fingerprint density at radius 1 is 1.00 bits per heavy atom. The normalized spacial score (nSPS) is 43.1. The van der Waals surface area contributed by atoms with Gasteiger partial charge in [-0.2, -0.15) is 8.78 Å². The van der Waals surface area contributed by atoms with Gasteiger partial charge < -0.3 is 14.6 Å². The van der Waals surface area contributed by atoms with Crippen LogP contribution in [0.2, 0.25) is 0 Å². The van der Waals surface area contributed by atoms with Crippen molar-refractivity contribution in [2.45, 2.75) is 117 Å². The van der Waals surface area contributed by atoms with Crippen LogP contribution in [-0.2, 0) is 19.1 Å². The summed E-state index contributed by atoms with van der Waals surface area (Å²) < 4.78 is 38.7. The molecule has 4 saturated carbocycles. The van der Waals surface area contributed by atoms with E-state index in [9.17, 15) is 23.5 Å². The SMILES string of the molecule is CCOC(=O)C(F)(F)CC[C@@H](C)[C@H]1CC[C@H]2[C@@H]3CC[C@H]4[C@@H](O)[C@@H](OC(C)=O)CC[C@]4(C)[C@H]3CC[C@]12C. The van der Waals surface area contributed by atoms with Crippen LogP contribution in [0.5, 0.6) is 0 Å². The van der Waals surface area contributed by atoms with E-state index in [1.165, 1.54) is 6.92 Å². The van der Waals surface area contributed by atoms with Crippen LogP contribution in [0.4, 0.5) is 8.78 Å². The molecular formula is C29H46F2O5. The number of rotatable bonds is 7. The molecule has 0 aromatic heterocycles. The Morgan fingerprint density at radius 2 is 1.64 bits per heavy atom. The zero-order chi connectivity index (χ0) is 26.5. The molecule has 0 radical (unpaired) electrons. The Morgan fingerprint density at radius 3 is 2.31 bits per heavy atom. The van der Waals surface area contributed by atoms with E-state index in [2.05, 4.69) is 25.5 Å². The van der Waals surface area contributed by atoms with Crippen molar-refractivity contribution in [2.75, 3.05) is 6.61 Å². The van der Waals surface area contributed by atoms with Crippen molar-refractivity contribution in [3.8, 4) is 0 Å². The second-order valence-electron chi connectivity index (χ2n) is 12.9. The lowest BCUT2D eigenvalue weighted by atomic mass is 9.44. The number of hydrogen-bond acceptors (Lipinski definition) is 5. The Kier molecular flexibility index (Phi) is 7.83. The smallest absolute Gasteiger partial charge is 0.376 e. The molecule has 206 valence electrons. The molecule has 0 heterocycles. The van der Waals surface area contributed by atoms with Gasteiger partial charge in [-0.1, -0.05) is 20.8 Å². The molecule has 0 aromatic rings. The highest BCUT2D eigenvalue weighted by Gasteiger charge is 2.62. The van der Waals surface area contributed by atoms with E-state index in [1.807, 2.05) is 0 Å². The summed E-state index contributed by atoms with van der Waals surface area (Å²) in [5, 5.41) is 11.1. The van der Waals surface area contributed by atoms with Gasteiger partial charge >= 0.3 is 17.9 Å². The maximum absolute atomic E-state index is 14.3. The second-order valence-corrected chi connectivity index (χ2v) is 12.9. The maximum atomic E-state index is 14.3. The first-order chi connectivity index (χ1) is 16.8. The number of aliphatic hydroxyl groups is 1. The van der Waals surface area contributed by atoms with Crippen molar-refractivity contribution in [3.05, 3.63) is 0 Å². The standard InChI is InChI=1S/C29H46F2O5/c1-6-35-26(34)29(30,31)16-11-17(2)20-9-10-21-19-7-8-23-25(33)24(36-18(3)32)13-15-28(23,5)22(19)12-14-27(20,21)4/h17,19-25,33H,6-16H2,1-5H3/t17-,19+,20-,21+,22+,23+,24+,25-,27-,28-/m1/s1. The fourth-order valence-electron chi connectivity index (χ4n) is 9.57. The summed E-state index contributed by atoms with van der Waals surface area (Å²) in [6.45, 7) is 9.78. The fourth-order valence-corrected chi connectivity index (χ4v) is 9.57. The van der Waals surface area contributed by atoms with Crippen LogP contribution in [0, 0.1) is 46.3 Å². The van der Waals surface area contributed by atoms with E-state index in [0.717, 1.165) is 44.9 Å². The van der Waals surface area contributed by atoms with E-state index >= 15 is 0 Å². The molecule has 4 fully saturated rings. The summed E-state index contributed by atoms with van der Waals surface area (Å²) in [6.07, 6.45) is 7.02. The molecule has 36 heavy (non-hydrogen) atoms. The minimum atomic E-state index is -3.42. The Labute approximate surface area is 215 Å². The first-order valence-electron chi connectivity index (χ1n) is 14.3. The van der Waals surface area contributed by atoms with Crippen molar-refractivity contribution in [1.29, 1.82) is 0 Å². The summed E-state index contributed by atoms with van der Waals surface area (Å²) >= 11 is 0. The minimum Gasteiger partial charge on any atom is -0.462 e. The van der Waals surface area contributed by atoms with Gasteiger partial charge in [-0.25, -0.2) is 4.79 Å². The third kappa shape index (κ3) is 4.71. The van der Waals surface area contributed by atoms with Crippen LogP contribution in [-0.4, -0.2) is 41.8 Å². The van der Waals surface area contributed by atoms with Gasteiger partial charge in [-0.3, -0.25) is 4.79 Å². The molecule has 0 aliphatic heterocycles. The topological polar surface area (TPSA) is 72.8 Å². The predicted octanol–water partition coefficient (Wildman–Crippen LogP) is 6.16. The molecule has 0 aromatic carbocycles. The first-order valence-corrected chi connectivity index (χ1v) is 14.3. The van der Waals surface area contributed by atoms with Crippen LogP contribution in [0.3, 0.4) is 0 Å². The molecule has 4 rings (SSSR count). The molecule has 0 spiro atoms. The third-order valence-electron chi connectivity index (χ3n) is 11.3. The van der Waals surface area contributed by atoms with Gasteiger partial charge in [0.15, 0.2) is 0 Å². The highest BCUT2D eigenvalue weighted by molar-refractivity contribution is 5.77. The summed E-state index contributed by atoms with van der Waals surface area (Å²) in [5.74, 6) is -2.75. The average Bonchev–Trinajstić information content (AvgIpc) is 3.17. The van der Waals surface area contributed by atoms with Crippen LogP contribution in [0.1, 0.15) is 98.8 Å². The lowest BCUT2D eigenvalue weighted by Crippen LogP contribution is -2.58. The molecule has 10 atom stereocenters. The molecule has 0 bridgehead atoms. The number of carbonyl (C=O) groups excluding carboxylic acids is 2. The number of esters is 2. The molecule has 7 heteroatoms. The van der Waals surface area contributed by atoms with E-state index in [0.29, 0.717) is 36.5 Å². The zero-order valence-corrected chi connectivity index (χ0v) is 22.7. The lowest BCUT2D eigenvalue weighted by Gasteiger charge is -2.62. The van der Waals surface area contributed by atoms with Crippen molar-refractivity contribution in [3.63, 3.8) is 0 Å². The number of halogens is 2. The summed E-state index contributed by atoms with van der Waals surface area (Å²) in [6, 6.07) is 0. The van der Waals surface area contributed by atoms with Gasteiger partial charge in [0.05, 0.1) is 12.7 Å². The highest BCUT2D eigenvalue weighted by Crippen LogP contribution is 2.68. The monoisotopic (exact) mass is 512 g/mol. The lowest BCUT2D eigenvalue weighted by molar-refractivity contribution is -0.191. The third-order valence-corrected chi connectivity index (χ3v) is 11.3. The van der Waals surface area contributed by atoms with Crippen molar-refractivity contribution in [1.82, 2.24) is 0 Å². The first kappa shape index (κ1) is 27.8. The number of carbonyl (C=O) groups is 2. The summed E-state index contributed by atoms with van der Waals surface area (Å²) in [7, 11) is 0. The summed E-state index contributed by atoms with van der Waals surface area (Å²) in [4.78, 5) is 23.2. The van der Waals surface area contributed by atoms with Gasteiger partial charge in [0.25, 0.3) is 0 Å². The fraction of sp³-hybridized carbons (Fsp3) is 0.931. The largest absolute Gasteiger partial charge is 0.462 e. The van der Waals surface area contributed by atoms with Crippen molar-refractivity contribution >= 4 is 11.9 Å². The van der Waals surface area contributed by atoms with Crippen LogP contribution in [0.15, 0.2) is 0 Å². The van der Waals surface area contributed by atoms with Crippen LogP contribution < -0.4 is 0 Å². The Balaban J connectivity index is 1.44. The van der Waals surface area contributed by atoms with Crippen LogP contribution in [0.25, 0.3) is 0 Å². The van der Waals surface area contributed by atoms with Gasteiger partial charge in [0.2, 0.25) is 0 Å². The zero-order valence-electron chi connectivity index (χ0n) is 22.7. The predicted molar refractivity (Wildman–Crippen MR) is 132 cm³/mol. The van der Waals surface area contributed by atoms with Crippen LogP contribution >= 0.6 is 0 Å². The Hall–Kier alpha value is -1.24. The molecule has 4 aliphatic rings. The molecule has 1 N–H and O–H groups in total. The number of fused-ring (bicyclic) bond motifs is 5. The maximum Gasteiger partial charge on any atom is 0.376 e. The van der Waals surface area contributed by atoms with Gasteiger partial charge in [-0.05, 0) is 111 Å². The summed E-state index contributed by atoms with van der Waals surface area (Å²) in [5.41, 5.74) is 0.183. The molecule has 0 unspecified atom stereocenters. The van der Waals surface area contributed by atoms with Crippen molar-refractivity contribution in [2.24, 2.45) is 46.3 Å². The molecule has 4 aliphatic carbocycles. The molecule has 0 amide bonds. The molecular weight excluding hydrogens is 466 g/mol. The van der Waals surface area contributed by atoms with Gasteiger partial charge in [0.1, 0.15) is 6.10 Å². The average molecular weight is 513 g/mol. The van der Waals surface area contributed by atoms with Gasteiger partial charge in [0, 0.05) is 13.3 Å². The highest BCUT2D eigenvalue weighted by atomic mass is 19.3. The van der Waals surface area contributed by atoms with Gasteiger partial charge in [-0.15, -0.1) is 0 Å². The van der Waals surface area contributed by atoms with E-state index in [-0.39, 0.29) is 35.2 Å². The number of ether oxygens (including phenoxy) is 2.